The molecule has 0 aromatic heterocycles. The maximum Gasteiger partial charge on any atom is 3.00 e. The van der Waals surface area contributed by atoms with Gasteiger partial charge in [0, 0.05) is 0 Å². The zero-order chi connectivity index (χ0) is 23.9. The van der Waals surface area contributed by atoms with Crippen LogP contribution in [-0.2, 0) is 31.7 Å². The summed E-state index contributed by atoms with van der Waals surface area (Å²) in [7, 11) is 0. The second kappa shape index (κ2) is 26.2. The molecule has 0 aliphatic carbocycles. The smallest absolute Gasteiger partial charge is 0.545 e. The summed E-state index contributed by atoms with van der Waals surface area (Å²) < 4.78 is 0. The van der Waals surface area contributed by atoms with E-state index in [1.807, 2.05) is 41.5 Å². The third kappa shape index (κ3) is 24.3. The molecular weight excluding hydrogens is 436 g/mol. The monoisotopic (exact) mass is 475 g/mol. The quantitative estimate of drug-likeness (QED) is 0.400. The van der Waals surface area contributed by atoms with Gasteiger partial charge in [-0.15, -0.1) is 0 Å². The molecule has 31 heavy (non-hydrogen) atoms. The van der Waals surface area contributed by atoms with Crippen molar-refractivity contribution >= 4 is 17.9 Å². The van der Waals surface area contributed by atoms with Gasteiger partial charge in [-0.1, -0.05) is 79.0 Å². The number of allylic oxidation sites excluding steroid dienone is 3. The van der Waals surface area contributed by atoms with Crippen LogP contribution in [0.5, 0.6) is 0 Å². The molecule has 7 heteroatoms. The van der Waals surface area contributed by atoms with Crippen molar-refractivity contribution in [1.82, 2.24) is 0 Å². The zero-order valence-corrected chi connectivity index (χ0v) is 21.2. The Morgan fingerprint density at radius 3 is 0.806 bits per heavy atom. The molecule has 0 aromatic rings. The molecule has 6 nitrogen and oxygen atoms in total. The van der Waals surface area contributed by atoms with E-state index >= 15 is 0 Å². The van der Waals surface area contributed by atoms with Crippen LogP contribution in [0.4, 0.5) is 0 Å². The van der Waals surface area contributed by atoms with Crippen molar-refractivity contribution in [1.29, 1.82) is 0 Å². The minimum absolute atomic E-state index is 0. The molecule has 0 unspecified atom stereocenters. The molecule has 0 N–H and O–H groups in total. The third-order valence-corrected chi connectivity index (χ3v) is 3.97. The van der Waals surface area contributed by atoms with Crippen LogP contribution in [0, 0.1) is 0 Å². The van der Waals surface area contributed by atoms with Crippen LogP contribution in [0.3, 0.4) is 0 Å². The number of carbonyl (C=O) groups excluding carboxylic acids is 3. The molecule has 1 radical (unpaired) electrons. The summed E-state index contributed by atoms with van der Waals surface area (Å²) in [6.07, 6.45) is 12.3. The minimum atomic E-state index is -1.03. The maximum absolute atomic E-state index is 10.3. The SMILES string of the molecule is CCC/C=C(/CC)C(=O)[O-].CCC/C=C(/CC)C(=O)[O-].CCC/C=C(/CC)C(=O)[O-].[Cr+3]. The van der Waals surface area contributed by atoms with E-state index in [2.05, 4.69) is 0 Å². The standard InChI is InChI=1S/3C8H14O2.Cr/c3*1-3-5-6-7(4-2)8(9)10;/h3*6H,3-5H2,1-2H3,(H,9,10);/q;;;+3/p-3/b3*7-6-;. The molecule has 0 amide bonds. The van der Waals surface area contributed by atoms with Crippen molar-refractivity contribution in [3.63, 3.8) is 0 Å². The van der Waals surface area contributed by atoms with Gasteiger partial charge in [0.05, 0.1) is 17.9 Å². The molecule has 0 fully saturated rings. The number of aliphatic carboxylic acids is 3. The molecule has 0 saturated carbocycles. The molecule has 0 spiro atoms. The molecule has 0 aliphatic rings. The van der Waals surface area contributed by atoms with Crippen molar-refractivity contribution in [3.8, 4) is 0 Å². The van der Waals surface area contributed by atoms with Crippen LogP contribution in [0.25, 0.3) is 0 Å². The van der Waals surface area contributed by atoms with Gasteiger partial charge in [-0.3, -0.25) is 0 Å². The van der Waals surface area contributed by atoms with E-state index in [4.69, 9.17) is 0 Å². The molecule has 0 rings (SSSR count). The first kappa shape index (κ1) is 36.5. The van der Waals surface area contributed by atoms with E-state index in [1.54, 1.807) is 18.2 Å². The Bertz CT molecular complexity index is 496. The largest absolute Gasteiger partial charge is 3.00 e. The van der Waals surface area contributed by atoms with Gasteiger partial charge >= 0.3 is 17.4 Å². The van der Waals surface area contributed by atoms with Crippen LogP contribution in [0.15, 0.2) is 34.9 Å². The van der Waals surface area contributed by atoms with Gasteiger partial charge in [0.1, 0.15) is 0 Å². The normalized spacial score (nSPS) is 11.2. The molecule has 0 bridgehead atoms. The Kier molecular flexibility index (Phi) is 30.9. The first-order valence-corrected chi connectivity index (χ1v) is 10.9. The second-order valence-electron chi connectivity index (χ2n) is 6.48. The number of hydrogen-bond acceptors (Lipinski definition) is 6. The van der Waals surface area contributed by atoms with E-state index in [0.29, 0.717) is 36.0 Å². The van der Waals surface area contributed by atoms with E-state index in [1.165, 1.54) is 0 Å². The van der Waals surface area contributed by atoms with Gasteiger partial charge < -0.3 is 29.7 Å². The van der Waals surface area contributed by atoms with E-state index in [0.717, 1.165) is 38.5 Å². The molecule has 0 atom stereocenters. The summed E-state index contributed by atoms with van der Waals surface area (Å²) in [5, 5.41) is 30.8. The number of carboxylic acid groups (broad SMARTS) is 3. The zero-order valence-electron chi connectivity index (χ0n) is 20.0. The topological polar surface area (TPSA) is 120 Å². The van der Waals surface area contributed by atoms with Gasteiger partial charge in [0.15, 0.2) is 0 Å². The van der Waals surface area contributed by atoms with Gasteiger partial charge in [-0.05, 0) is 55.2 Å². The van der Waals surface area contributed by atoms with Crippen molar-refractivity contribution in [2.24, 2.45) is 0 Å². The fourth-order valence-corrected chi connectivity index (χ4v) is 2.07. The van der Waals surface area contributed by atoms with E-state index < -0.39 is 17.9 Å². The van der Waals surface area contributed by atoms with Crippen molar-refractivity contribution in [2.75, 3.05) is 0 Å². The minimum Gasteiger partial charge on any atom is -0.545 e. The Labute approximate surface area is 199 Å². The number of unbranched alkanes of at least 4 members (excludes halogenated alkanes) is 3. The Balaban J connectivity index is -0.000000174. The molecule has 0 aromatic carbocycles. The summed E-state index contributed by atoms with van der Waals surface area (Å²) in [5.41, 5.74) is 1.26. The Hall–Kier alpha value is -1.84. The van der Waals surface area contributed by atoms with Crippen molar-refractivity contribution in [2.45, 2.75) is 99.3 Å². The van der Waals surface area contributed by atoms with Crippen LogP contribution >= 0.6 is 0 Å². The van der Waals surface area contributed by atoms with Gasteiger partial charge in [-0.2, -0.15) is 0 Å². The van der Waals surface area contributed by atoms with Crippen LogP contribution < -0.4 is 15.3 Å². The summed E-state index contributed by atoms with van der Waals surface area (Å²) in [6, 6.07) is 0. The van der Waals surface area contributed by atoms with Crippen molar-refractivity contribution in [3.05, 3.63) is 34.9 Å². The summed E-state index contributed by atoms with van der Waals surface area (Å²) >= 11 is 0. The first-order chi connectivity index (χ1) is 14.2. The van der Waals surface area contributed by atoms with Gasteiger partial charge in [-0.25, -0.2) is 0 Å². The predicted octanol–water partition coefficient (Wildman–Crippen LogP) is 2.62. The Morgan fingerprint density at radius 2 is 0.710 bits per heavy atom. The summed E-state index contributed by atoms with van der Waals surface area (Å²) in [4.78, 5) is 30.8. The first-order valence-electron chi connectivity index (χ1n) is 10.9. The number of hydrogen-bond donors (Lipinski definition) is 0. The maximum atomic E-state index is 10.3. The third-order valence-electron chi connectivity index (χ3n) is 3.97. The molecule has 177 valence electrons. The molecular formula is C24H39CrO6. The average molecular weight is 476 g/mol. The number of rotatable bonds is 12. The average Bonchev–Trinajstić information content (AvgIpc) is 2.70. The molecule has 0 saturated heterocycles. The predicted molar refractivity (Wildman–Crippen MR) is 115 cm³/mol. The number of carboxylic acids is 3. The van der Waals surface area contributed by atoms with Gasteiger partial charge in [0.2, 0.25) is 0 Å². The van der Waals surface area contributed by atoms with Gasteiger partial charge in [0.25, 0.3) is 0 Å². The van der Waals surface area contributed by atoms with E-state index in [9.17, 15) is 29.7 Å². The molecule has 0 heterocycles. The summed E-state index contributed by atoms with van der Waals surface area (Å²) in [6.45, 7) is 11.5. The Morgan fingerprint density at radius 1 is 0.516 bits per heavy atom. The van der Waals surface area contributed by atoms with Crippen LogP contribution in [0.1, 0.15) is 99.3 Å². The van der Waals surface area contributed by atoms with Crippen LogP contribution in [0.2, 0.25) is 0 Å². The summed E-state index contributed by atoms with van der Waals surface area (Å²) in [5.74, 6) is -3.09. The fourth-order valence-electron chi connectivity index (χ4n) is 2.07. The molecule has 0 aliphatic heterocycles. The van der Waals surface area contributed by atoms with Crippen LogP contribution in [-0.4, -0.2) is 17.9 Å². The fraction of sp³-hybridized carbons (Fsp3) is 0.625. The number of carbonyl (C=O) groups is 3. The van der Waals surface area contributed by atoms with E-state index in [-0.39, 0.29) is 17.4 Å². The second-order valence-corrected chi connectivity index (χ2v) is 6.48. The van der Waals surface area contributed by atoms with Crippen molar-refractivity contribution < 1.29 is 47.1 Å².